The molecule has 1 aliphatic carbocycles. The van der Waals surface area contributed by atoms with Gasteiger partial charge in [0.15, 0.2) is 5.82 Å². The van der Waals surface area contributed by atoms with Crippen LogP contribution in [0.15, 0.2) is 28.9 Å². The average Bonchev–Trinajstić information content (AvgIpc) is 3.36. The molecule has 5 rings (SSSR count). The molecule has 0 radical (unpaired) electrons. The summed E-state index contributed by atoms with van der Waals surface area (Å²) >= 11 is 0. The minimum Gasteiger partial charge on any atom is -0.474 e. The number of aryl methyl sites for hydroxylation is 1. The quantitative estimate of drug-likeness (QED) is 0.530. The molecule has 4 heterocycles. The number of carbonyl (C=O) groups excluding carboxylic acids is 2. The molecule has 2 amide bonds. The number of carbonyl (C=O) groups is 2. The second-order valence-electron chi connectivity index (χ2n) is 8.03. The molecule has 1 saturated heterocycles. The van der Waals surface area contributed by atoms with Crippen molar-refractivity contribution >= 4 is 23.1 Å². The molecule has 4 N–H and O–H groups in total. The number of ether oxygens (including phenoxy) is 1. The van der Waals surface area contributed by atoms with Crippen LogP contribution in [-0.2, 0) is 9.59 Å². The SMILES string of the molecule is Cc1onc(OCC2(C(N)=O)CNC2)c1-c1ccn2nc(NC(=O)C3CC3)cc2c1. The maximum atomic E-state index is 12.0. The van der Waals surface area contributed by atoms with Gasteiger partial charge in [0.1, 0.15) is 17.8 Å². The van der Waals surface area contributed by atoms with E-state index in [0.717, 1.165) is 23.9 Å². The Bertz CT molecular complexity index is 1140. The van der Waals surface area contributed by atoms with E-state index in [1.165, 1.54) is 0 Å². The molecule has 30 heavy (non-hydrogen) atoms. The van der Waals surface area contributed by atoms with Gasteiger partial charge >= 0.3 is 0 Å². The van der Waals surface area contributed by atoms with E-state index >= 15 is 0 Å². The summed E-state index contributed by atoms with van der Waals surface area (Å²) in [7, 11) is 0. The van der Waals surface area contributed by atoms with Crippen molar-refractivity contribution in [3.8, 4) is 17.0 Å². The Balaban J connectivity index is 1.40. The van der Waals surface area contributed by atoms with E-state index in [4.69, 9.17) is 15.0 Å². The second-order valence-corrected chi connectivity index (χ2v) is 8.03. The van der Waals surface area contributed by atoms with Crippen molar-refractivity contribution in [3.63, 3.8) is 0 Å². The first-order valence-electron chi connectivity index (χ1n) is 9.86. The molecule has 0 atom stereocenters. The largest absolute Gasteiger partial charge is 0.474 e. The van der Waals surface area contributed by atoms with E-state index < -0.39 is 11.3 Å². The van der Waals surface area contributed by atoms with Gasteiger partial charge in [0.05, 0.1) is 11.1 Å². The summed E-state index contributed by atoms with van der Waals surface area (Å²) in [4.78, 5) is 23.8. The summed E-state index contributed by atoms with van der Waals surface area (Å²) in [6.45, 7) is 2.88. The van der Waals surface area contributed by atoms with Gasteiger partial charge in [0.25, 0.3) is 5.88 Å². The van der Waals surface area contributed by atoms with Gasteiger partial charge in [-0.1, -0.05) is 0 Å². The summed E-state index contributed by atoms with van der Waals surface area (Å²) in [5.41, 5.74) is 7.14. The Morgan fingerprint density at radius 1 is 1.40 bits per heavy atom. The molecule has 2 aliphatic rings. The smallest absolute Gasteiger partial charge is 0.262 e. The average molecular weight is 410 g/mol. The van der Waals surface area contributed by atoms with Crippen LogP contribution in [0.3, 0.4) is 0 Å². The number of amides is 2. The Labute approximate surface area is 171 Å². The van der Waals surface area contributed by atoms with Gasteiger partial charge in [-0.05, 0) is 42.6 Å². The summed E-state index contributed by atoms with van der Waals surface area (Å²) in [6, 6.07) is 5.60. The lowest BCUT2D eigenvalue weighted by atomic mass is 9.82. The molecule has 0 bridgehead atoms. The van der Waals surface area contributed by atoms with Crippen molar-refractivity contribution in [2.24, 2.45) is 17.1 Å². The molecule has 3 aromatic rings. The van der Waals surface area contributed by atoms with E-state index in [0.29, 0.717) is 36.1 Å². The number of nitrogens with two attached hydrogens (primary N) is 1. The zero-order chi connectivity index (χ0) is 20.9. The molecule has 1 saturated carbocycles. The van der Waals surface area contributed by atoms with Gasteiger partial charge < -0.3 is 25.6 Å². The Kier molecular flexibility index (Phi) is 4.24. The molecule has 0 aromatic carbocycles. The molecule has 3 aromatic heterocycles. The number of nitrogens with zero attached hydrogens (tertiary/aromatic N) is 3. The van der Waals surface area contributed by atoms with Gasteiger partial charge in [-0.2, -0.15) is 5.10 Å². The topological polar surface area (TPSA) is 137 Å². The minimum atomic E-state index is -0.728. The summed E-state index contributed by atoms with van der Waals surface area (Å²) in [5, 5.41) is 14.3. The van der Waals surface area contributed by atoms with Crippen LogP contribution in [0, 0.1) is 18.3 Å². The van der Waals surface area contributed by atoms with Crippen LogP contribution >= 0.6 is 0 Å². The second kappa shape index (κ2) is 6.84. The van der Waals surface area contributed by atoms with Gasteiger partial charge in [0, 0.05) is 31.3 Å². The van der Waals surface area contributed by atoms with E-state index in [-0.39, 0.29) is 18.4 Å². The van der Waals surface area contributed by atoms with E-state index in [9.17, 15) is 9.59 Å². The van der Waals surface area contributed by atoms with Gasteiger partial charge in [-0.3, -0.25) is 9.59 Å². The third-order valence-corrected chi connectivity index (χ3v) is 5.72. The van der Waals surface area contributed by atoms with Crippen molar-refractivity contribution in [3.05, 3.63) is 30.2 Å². The van der Waals surface area contributed by atoms with Crippen LogP contribution in [0.1, 0.15) is 18.6 Å². The Hall–Kier alpha value is -3.40. The zero-order valence-corrected chi connectivity index (χ0v) is 16.5. The number of hydrogen-bond acceptors (Lipinski definition) is 7. The number of hydrogen-bond donors (Lipinski definition) is 3. The van der Waals surface area contributed by atoms with E-state index in [1.807, 2.05) is 18.2 Å². The number of rotatable bonds is 7. The molecular weight excluding hydrogens is 388 g/mol. The van der Waals surface area contributed by atoms with Crippen molar-refractivity contribution in [2.45, 2.75) is 19.8 Å². The zero-order valence-electron chi connectivity index (χ0n) is 16.5. The van der Waals surface area contributed by atoms with Gasteiger partial charge in [0.2, 0.25) is 11.8 Å². The van der Waals surface area contributed by atoms with Crippen molar-refractivity contribution in [1.82, 2.24) is 20.1 Å². The maximum absolute atomic E-state index is 12.0. The fourth-order valence-electron chi connectivity index (χ4n) is 3.54. The molecule has 2 fully saturated rings. The normalized spacial score (nSPS) is 17.5. The molecule has 0 spiro atoms. The van der Waals surface area contributed by atoms with Crippen molar-refractivity contribution in [2.75, 3.05) is 25.0 Å². The number of fused-ring (bicyclic) bond motifs is 1. The predicted octanol–water partition coefficient (Wildman–Crippen LogP) is 1.10. The third kappa shape index (κ3) is 3.18. The molecule has 0 unspecified atom stereocenters. The van der Waals surface area contributed by atoms with Crippen LogP contribution in [0.2, 0.25) is 0 Å². The van der Waals surface area contributed by atoms with Crippen molar-refractivity contribution < 1.29 is 18.8 Å². The van der Waals surface area contributed by atoms with E-state index in [2.05, 4.69) is 20.9 Å². The molecule has 156 valence electrons. The van der Waals surface area contributed by atoms with Crippen LogP contribution < -0.4 is 21.1 Å². The van der Waals surface area contributed by atoms with Crippen LogP contribution in [0.5, 0.6) is 5.88 Å². The number of aromatic nitrogens is 3. The first-order valence-corrected chi connectivity index (χ1v) is 9.86. The number of nitrogens with one attached hydrogen (secondary N) is 2. The minimum absolute atomic E-state index is 0.0121. The highest BCUT2D eigenvalue weighted by atomic mass is 16.5. The fraction of sp³-hybridized carbons (Fsp3) is 0.400. The van der Waals surface area contributed by atoms with Gasteiger partial charge in [-0.25, -0.2) is 4.52 Å². The molecule has 10 nitrogen and oxygen atoms in total. The molecular formula is C20H22N6O4. The number of anilines is 1. The lowest BCUT2D eigenvalue weighted by molar-refractivity contribution is -0.132. The van der Waals surface area contributed by atoms with Crippen LogP contribution in [0.25, 0.3) is 16.6 Å². The first kappa shape index (κ1) is 18.6. The molecule has 1 aliphatic heterocycles. The Morgan fingerprint density at radius 2 is 2.20 bits per heavy atom. The predicted molar refractivity (Wildman–Crippen MR) is 107 cm³/mol. The van der Waals surface area contributed by atoms with Crippen molar-refractivity contribution in [1.29, 1.82) is 0 Å². The van der Waals surface area contributed by atoms with E-state index in [1.54, 1.807) is 17.6 Å². The third-order valence-electron chi connectivity index (χ3n) is 5.72. The number of primary amides is 1. The fourth-order valence-corrected chi connectivity index (χ4v) is 3.54. The highest BCUT2D eigenvalue weighted by molar-refractivity contribution is 5.93. The van der Waals surface area contributed by atoms with Gasteiger partial charge in [-0.15, -0.1) is 0 Å². The van der Waals surface area contributed by atoms with Crippen LogP contribution in [-0.4, -0.2) is 46.3 Å². The summed E-state index contributed by atoms with van der Waals surface area (Å²) < 4.78 is 12.9. The lowest BCUT2D eigenvalue weighted by Crippen LogP contribution is -2.63. The lowest BCUT2D eigenvalue weighted by Gasteiger charge is -2.38. The highest BCUT2D eigenvalue weighted by Gasteiger charge is 2.44. The standard InChI is InChI=1S/C20H22N6O4/c1-11-16(18(25-30-11)29-10-20(19(21)28)8-22-9-20)13-4-5-26-14(6-13)7-15(24-26)23-17(27)12-2-3-12/h4-7,12,22H,2-3,8-10H2,1H3,(H2,21,28)(H,23,24,27). The maximum Gasteiger partial charge on any atom is 0.262 e. The highest BCUT2D eigenvalue weighted by Crippen LogP contribution is 2.35. The summed E-state index contributed by atoms with van der Waals surface area (Å²) in [5.74, 6) is 1.15. The summed E-state index contributed by atoms with van der Waals surface area (Å²) in [6.07, 6.45) is 3.67. The number of pyridine rings is 1. The van der Waals surface area contributed by atoms with Crippen LogP contribution in [0.4, 0.5) is 5.82 Å². The first-order chi connectivity index (χ1) is 14.4. The molecule has 10 heteroatoms. The monoisotopic (exact) mass is 410 g/mol. The Morgan fingerprint density at radius 3 is 2.87 bits per heavy atom.